The molecule has 3 N–H and O–H groups in total. The molecule has 9 nitrogen and oxygen atoms in total. The Hall–Kier alpha value is -3.40. The van der Waals surface area contributed by atoms with Gasteiger partial charge >= 0.3 is 5.97 Å². The molecule has 0 radical (unpaired) electrons. The highest BCUT2D eigenvalue weighted by molar-refractivity contribution is 5.82. The summed E-state index contributed by atoms with van der Waals surface area (Å²) in [5.74, 6) is 0.475. The van der Waals surface area contributed by atoms with Crippen LogP contribution >= 0.6 is 0 Å². The number of amides is 1. The summed E-state index contributed by atoms with van der Waals surface area (Å²) >= 11 is 0. The molecular formula is C29H32N2O7. The van der Waals surface area contributed by atoms with E-state index in [2.05, 4.69) is 10.2 Å². The van der Waals surface area contributed by atoms with Gasteiger partial charge in [0.15, 0.2) is 23.7 Å². The number of aliphatic hydroxyl groups excluding tert-OH is 1. The molecule has 4 aliphatic rings. The minimum absolute atomic E-state index is 0.0144. The molecule has 5 atom stereocenters. The first-order valence-corrected chi connectivity index (χ1v) is 13.0. The van der Waals surface area contributed by atoms with E-state index < -0.39 is 35.1 Å². The molecular weight excluding hydrogens is 488 g/mol. The number of hydrogen-bond donors (Lipinski definition) is 3. The summed E-state index contributed by atoms with van der Waals surface area (Å²) in [6.45, 7) is 0.792. The SMILES string of the molecule is COc1ccc2c3c1O[C@@H]1C(OC(=O)CCNC(=O)[C@@H](O)c4ccccc4)=CC[C@]4(O)[C@H](C2)N(C)CC[C@@]314. The molecule has 2 bridgehead atoms. The van der Waals surface area contributed by atoms with Crippen molar-refractivity contribution in [1.29, 1.82) is 0 Å². The highest BCUT2D eigenvalue weighted by Gasteiger charge is 2.72. The first-order chi connectivity index (χ1) is 18.3. The smallest absolute Gasteiger partial charge is 0.312 e. The van der Waals surface area contributed by atoms with E-state index in [9.17, 15) is 19.8 Å². The lowest BCUT2D eigenvalue weighted by atomic mass is 9.50. The molecule has 1 saturated heterocycles. The Labute approximate surface area is 221 Å². The van der Waals surface area contributed by atoms with Crippen LogP contribution in [0.2, 0.25) is 0 Å². The van der Waals surface area contributed by atoms with Crippen LogP contribution in [-0.2, 0) is 26.2 Å². The lowest BCUT2D eigenvalue weighted by Crippen LogP contribution is -2.74. The number of ether oxygens (including phenoxy) is 3. The highest BCUT2D eigenvalue weighted by atomic mass is 16.6. The van der Waals surface area contributed by atoms with Crippen molar-refractivity contribution in [2.45, 2.75) is 54.9 Å². The van der Waals surface area contributed by atoms with Crippen molar-refractivity contribution in [3.63, 3.8) is 0 Å². The Morgan fingerprint density at radius 3 is 2.79 bits per heavy atom. The standard InChI is InChI=1S/C29H32N2O7/c1-31-15-13-28-23-18-8-9-19(36-2)25(23)38-26(28)20(10-12-29(28,35)21(31)16-18)37-22(32)11-14-30-27(34)24(33)17-6-4-3-5-7-17/h3-10,21,24,26,33,35H,11-16H2,1-2H3,(H,30,34)/t21-,24-,26+,28+,29-/m0/s1. The van der Waals surface area contributed by atoms with E-state index in [0.717, 1.165) is 17.7 Å². The van der Waals surface area contributed by atoms with E-state index in [1.54, 1.807) is 43.5 Å². The fraction of sp³-hybridized carbons (Fsp3) is 0.448. The number of likely N-dealkylation sites (tertiary alicyclic amines) is 1. The molecule has 2 aromatic carbocycles. The summed E-state index contributed by atoms with van der Waals surface area (Å²) in [6, 6.07) is 12.4. The number of esters is 1. The summed E-state index contributed by atoms with van der Waals surface area (Å²) < 4.78 is 17.9. The van der Waals surface area contributed by atoms with Gasteiger partial charge in [-0.25, -0.2) is 0 Å². The summed E-state index contributed by atoms with van der Waals surface area (Å²) in [5, 5.41) is 25.1. The lowest BCUT2D eigenvalue weighted by molar-refractivity contribution is -0.169. The van der Waals surface area contributed by atoms with Crippen LogP contribution in [0.3, 0.4) is 0 Å². The Kier molecular flexibility index (Phi) is 5.97. The maximum atomic E-state index is 12.9. The van der Waals surface area contributed by atoms with Crippen LogP contribution < -0.4 is 14.8 Å². The van der Waals surface area contributed by atoms with Crippen molar-refractivity contribution in [2.75, 3.05) is 27.2 Å². The second kappa shape index (κ2) is 9.11. The molecule has 6 rings (SSSR count). The van der Waals surface area contributed by atoms with Crippen molar-refractivity contribution in [2.24, 2.45) is 0 Å². The molecule has 2 aliphatic carbocycles. The zero-order valence-electron chi connectivity index (χ0n) is 21.5. The second-order valence-electron chi connectivity index (χ2n) is 10.6. The first-order valence-electron chi connectivity index (χ1n) is 13.0. The van der Waals surface area contributed by atoms with Crippen molar-refractivity contribution >= 4 is 11.9 Å². The van der Waals surface area contributed by atoms with Gasteiger partial charge in [0.1, 0.15) is 5.76 Å². The van der Waals surface area contributed by atoms with Crippen molar-refractivity contribution in [3.05, 3.63) is 71.0 Å². The number of piperidine rings is 1. The molecule has 38 heavy (non-hydrogen) atoms. The van der Waals surface area contributed by atoms with Crippen molar-refractivity contribution in [3.8, 4) is 11.5 Å². The number of methoxy groups -OCH3 is 1. The second-order valence-corrected chi connectivity index (χ2v) is 10.6. The summed E-state index contributed by atoms with van der Waals surface area (Å²) in [7, 11) is 3.63. The number of nitrogens with one attached hydrogen (secondary N) is 1. The van der Waals surface area contributed by atoms with Gasteiger partial charge in [0.25, 0.3) is 5.91 Å². The third-order valence-electron chi connectivity index (χ3n) is 8.78. The minimum Gasteiger partial charge on any atom is -0.493 e. The summed E-state index contributed by atoms with van der Waals surface area (Å²) in [5.41, 5.74) is 0.741. The quantitative estimate of drug-likeness (QED) is 0.473. The lowest BCUT2D eigenvalue weighted by Gasteiger charge is -2.61. The average Bonchev–Trinajstić information content (AvgIpc) is 3.28. The van der Waals surface area contributed by atoms with Crippen LogP contribution in [0.1, 0.15) is 42.1 Å². The number of rotatable bonds is 7. The van der Waals surface area contributed by atoms with Crippen LogP contribution in [0.4, 0.5) is 0 Å². The molecule has 1 fully saturated rings. The average molecular weight is 521 g/mol. The fourth-order valence-electron chi connectivity index (χ4n) is 6.94. The molecule has 2 aromatic rings. The van der Waals surface area contributed by atoms with Crippen LogP contribution in [0.25, 0.3) is 0 Å². The van der Waals surface area contributed by atoms with Gasteiger partial charge in [0.2, 0.25) is 0 Å². The predicted molar refractivity (Wildman–Crippen MR) is 137 cm³/mol. The highest BCUT2D eigenvalue weighted by Crippen LogP contribution is 2.65. The minimum atomic E-state index is -1.32. The van der Waals surface area contributed by atoms with E-state index in [0.29, 0.717) is 42.1 Å². The van der Waals surface area contributed by atoms with E-state index in [1.807, 2.05) is 19.2 Å². The Bertz CT molecular complexity index is 1310. The van der Waals surface area contributed by atoms with Gasteiger partial charge in [-0.1, -0.05) is 36.4 Å². The Balaban J connectivity index is 1.20. The number of likely N-dealkylation sites (N-methyl/N-ethyl adjacent to an activating group) is 1. The third-order valence-corrected chi connectivity index (χ3v) is 8.78. The fourth-order valence-corrected chi connectivity index (χ4v) is 6.94. The molecule has 2 heterocycles. The maximum absolute atomic E-state index is 12.9. The molecule has 2 aliphatic heterocycles. The summed E-state index contributed by atoms with van der Waals surface area (Å²) in [4.78, 5) is 27.4. The number of benzene rings is 2. The van der Waals surface area contributed by atoms with Gasteiger partial charge in [-0.2, -0.15) is 0 Å². The van der Waals surface area contributed by atoms with Gasteiger partial charge in [-0.05, 0) is 49.7 Å². The zero-order chi connectivity index (χ0) is 26.7. The molecule has 1 spiro atoms. The Morgan fingerprint density at radius 2 is 2.03 bits per heavy atom. The Morgan fingerprint density at radius 1 is 1.24 bits per heavy atom. The van der Waals surface area contributed by atoms with Gasteiger partial charge in [0.05, 0.1) is 24.5 Å². The number of hydrogen-bond acceptors (Lipinski definition) is 8. The third kappa shape index (κ3) is 3.49. The van der Waals surface area contributed by atoms with E-state index in [4.69, 9.17) is 14.2 Å². The number of carbonyl (C=O) groups is 2. The molecule has 1 amide bonds. The molecule has 200 valence electrons. The molecule has 0 saturated carbocycles. The van der Waals surface area contributed by atoms with E-state index >= 15 is 0 Å². The van der Waals surface area contributed by atoms with Gasteiger partial charge < -0.3 is 34.6 Å². The largest absolute Gasteiger partial charge is 0.493 e. The van der Waals surface area contributed by atoms with Gasteiger partial charge in [0, 0.05) is 24.6 Å². The topological polar surface area (TPSA) is 118 Å². The molecule has 9 heteroatoms. The normalized spacial score (nSPS) is 29.4. The first kappa shape index (κ1) is 24.9. The van der Waals surface area contributed by atoms with E-state index in [-0.39, 0.29) is 19.0 Å². The van der Waals surface area contributed by atoms with Crippen LogP contribution in [0.5, 0.6) is 11.5 Å². The zero-order valence-corrected chi connectivity index (χ0v) is 21.5. The van der Waals surface area contributed by atoms with Crippen LogP contribution in [0.15, 0.2) is 54.3 Å². The number of carbonyl (C=O) groups excluding carboxylic acids is 2. The van der Waals surface area contributed by atoms with Gasteiger partial charge in [-0.3, -0.25) is 9.59 Å². The van der Waals surface area contributed by atoms with Crippen molar-refractivity contribution < 1.29 is 34.0 Å². The van der Waals surface area contributed by atoms with Gasteiger partial charge in [-0.15, -0.1) is 0 Å². The molecule has 0 aromatic heterocycles. The number of aliphatic hydroxyl groups is 2. The summed E-state index contributed by atoms with van der Waals surface area (Å²) in [6.07, 6.45) is 1.39. The molecule has 0 unspecified atom stereocenters. The maximum Gasteiger partial charge on any atom is 0.312 e. The monoisotopic (exact) mass is 520 g/mol. The van der Waals surface area contributed by atoms with E-state index in [1.165, 1.54) is 0 Å². The van der Waals surface area contributed by atoms with Crippen LogP contribution in [-0.4, -0.2) is 72.0 Å². The van der Waals surface area contributed by atoms with Crippen LogP contribution in [0, 0.1) is 0 Å². The number of nitrogens with zero attached hydrogens (tertiary/aromatic N) is 1. The predicted octanol–water partition coefficient (Wildman–Crippen LogP) is 1.76. The van der Waals surface area contributed by atoms with Crippen molar-refractivity contribution in [1.82, 2.24) is 10.2 Å².